The molecule has 1 unspecified atom stereocenters. The molecule has 0 saturated carbocycles. The summed E-state index contributed by atoms with van der Waals surface area (Å²) < 4.78 is 6.05. The number of carbonyl (C=O) groups excluding carboxylic acids is 1. The Balaban J connectivity index is 1.29. The van der Waals surface area contributed by atoms with Gasteiger partial charge in [0.25, 0.3) is 5.89 Å². The maximum absolute atomic E-state index is 12.8. The molecular weight excluding hydrogens is 388 g/mol. The minimum absolute atomic E-state index is 0.0608. The van der Waals surface area contributed by atoms with Gasteiger partial charge in [-0.15, -0.1) is 10.2 Å². The average Bonchev–Trinajstić information content (AvgIpc) is 3.33. The van der Waals surface area contributed by atoms with E-state index in [2.05, 4.69) is 27.3 Å². The summed E-state index contributed by atoms with van der Waals surface area (Å²) in [4.78, 5) is 19.2. The third-order valence-electron chi connectivity index (χ3n) is 5.91. The second-order valence-corrected chi connectivity index (χ2v) is 7.99. The lowest BCUT2D eigenvalue weighted by Crippen LogP contribution is -2.39. The highest BCUT2D eigenvalue weighted by Crippen LogP contribution is 2.30. The smallest absolute Gasteiger partial charge is 0.266 e. The summed E-state index contributed by atoms with van der Waals surface area (Å²) in [6.07, 6.45) is 4.92. The van der Waals surface area contributed by atoms with Crippen molar-refractivity contribution in [3.63, 3.8) is 0 Å². The Bertz CT molecular complexity index is 1180. The van der Waals surface area contributed by atoms with Gasteiger partial charge in [0.15, 0.2) is 0 Å². The molecule has 3 heterocycles. The molecule has 0 aliphatic carbocycles. The van der Waals surface area contributed by atoms with Crippen LogP contribution in [0.2, 0.25) is 0 Å². The average molecular weight is 412 g/mol. The van der Waals surface area contributed by atoms with Crippen molar-refractivity contribution in [1.82, 2.24) is 20.1 Å². The Morgan fingerprint density at radius 1 is 1.03 bits per heavy atom. The van der Waals surface area contributed by atoms with Crippen molar-refractivity contribution in [2.75, 3.05) is 13.1 Å². The maximum Gasteiger partial charge on any atom is 0.266 e. The summed E-state index contributed by atoms with van der Waals surface area (Å²) in [5.41, 5.74) is 1.89. The minimum Gasteiger partial charge on any atom is -0.419 e. The molecule has 0 radical (unpaired) electrons. The van der Waals surface area contributed by atoms with Crippen molar-refractivity contribution in [2.45, 2.75) is 31.6 Å². The lowest BCUT2D eigenvalue weighted by atomic mass is 9.97. The fourth-order valence-electron chi connectivity index (χ4n) is 4.24. The summed E-state index contributed by atoms with van der Waals surface area (Å²) in [5, 5.41) is 10.7. The highest BCUT2D eigenvalue weighted by molar-refractivity contribution is 5.92. The fourth-order valence-corrected chi connectivity index (χ4v) is 4.24. The van der Waals surface area contributed by atoms with Crippen LogP contribution in [0, 0.1) is 0 Å². The van der Waals surface area contributed by atoms with E-state index in [1.165, 1.54) is 5.56 Å². The first kappa shape index (κ1) is 19.4. The Labute approximate surface area is 180 Å². The molecule has 1 amide bonds. The second-order valence-electron chi connectivity index (χ2n) is 7.99. The minimum atomic E-state index is 0.0608. The zero-order valence-electron chi connectivity index (χ0n) is 17.3. The van der Waals surface area contributed by atoms with Crippen molar-refractivity contribution < 1.29 is 9.21 Å². The van der Waals surface area contributed by atoms with Gasteiger partial charge in [-0.25, -0.2) is 0 Å². The summed E-state index contributed by atoms with van der Waals surface area (Å²) in [7, 11) is 0. The van der Waals surface area contributed by atoms with Crippen LogP contribution in [-0.4, -0.2) is 39.1 Å². The van der Waals surface area contributed by atoms with Crippen LogP contribution in [0.25, 0.3) is 22.4 Å². The molecule has 2 aromatic heterocycles. The molecule has 0 N–H and O–H groups in total. The van der Waals surface area contributed by atoms with Gasteiger partial charge in [0.1, 0.15) is 5.69 Å². The zero-order chi connectivity index (χ0) is 21.0. The van der Waals surface area contributed by atoms with Crippen molar-refractivity contribution in [2.24, 2.45) is 0 Å². The molecular formula is C25H24N4O2. The largest absolute Gasteiger partial charge is 0.419 e. The predicted molar refractivity (Wildman–Crippen MR) is 118 cm³/mol. The molecule has 0 bridgehead atoms. The van der Waals surface area contributed by atoms with E-state index in [9.17, 15) is 4.79 Å². The van der Waals surface area contributed by atoms with E-state index in [1.807, 2.05) is 53.4 Å². The van der Waals surface area contributed by atoms with E-state index < -0.39 is 0 Å². The van der Waals surface area contributed by atoms with Crippen molar-refractivity contribution in [1.29, 1.82) is 0 Å². The van der Waals surface area contributed by atoms with Gasteiger partial charge in [-0.3, -0.25) is 9.78 Å². The van der Waals surface area contributed by atoms with Crippen LogP contribution in [0.15, 0.2) is 71.3 Å². The topological polar surface area (TPSA) is 72.1 Å². The van der Waals surface area contributed by atoms with E-state index in [0.29, 0.717) is 30.4 Å². The number of fused-ring (bicyclic) bond motifs is 1. The summed E-state index contributed by atoms with van der Waals surface area (Å²) in [5.74, 6) is 1.26. The fraction of sp³-hybridized carbons (Fsp3) is 0.280. The monoisotopic (exact) mass is 412 g/mol. The Kier molecular flexibility index (Phi) is 5.44. The van der Waals surface area contributed by atoms with Gasteiger partial charge >= 0.3 is 0 Å². The lowest BCUT2D eigenvalue weighted by Gasteiger charge is -2.31. The summed E-state index contributed by atoms with van der Waals surface area (Å²) in [6.45, 7) is 1.41. The van der Waals surface area contributed by atoms with Crippen LogP contribution >= 0.6 is 0 Å². The van der Waals surface area contributed by atoms with Crippen LogP contribution in [0.5, 0.6) is 0 Å². The van der Waals surface area contributed by atoms with Gasteiger partial charge in [-0.1, -0.05) is 54.6 Å². The number of aryl methyl sites for hydroxylation is 1. The van der Waals surface area contributed by atoms with Crippen LogP contribution in [-0.2, 0) is 11.2 Å². The Morgan fingerprint density at radius 2 is 1.87 bits per heavy atom. The van der Waals surface area contributed by atoms with Gasteiger partial charge in [0, 0.05) is 31.1 Å². The molecule has 2 aromatic carbocycles. The molecule has 156 valence electrons. The van der Waals surface area contributed by atoms with E-state index >= 15 is 0 Å². The molecule has 1 aliphatic heterocycles. The maximum atomic E-state index is 12.8. The highest BCUT2D eigenvalue weighted by Gasteiger charge is 2.28. The molecule has 1 saturated heterocycles. The predicted octanol–water partition coefficient (Wildman–Crippen LogP) is 4.62. The van der Waals surface area contributed by atoms with E-state index in [1.54, 1.807) is 6.20 Å². The molecule has 31 heavy (non-hydrogen) atoms. The van der Waals surface area contributed by atoms with Crippen molar-refractivity contribution >= 4 is 16.7 Å². The quantitative estimate of drug-likeness (QED) is 0.478. The van der Waals surface area contributed by atoms with Gasteiger partial charge in [-0.05, 0) is 36.3 Å². The van der Waals surface area contributed by atoms with Crippen molar-refractivity contribution in [3.05, 3.63) is 78.3 Å². The number of rotatable bonds is 5. The molecule has 6 nitrogen and oxygen atoms in total. The highest BCUT2D eigenvalue weighted by atomic mass is 16.4. The van der Waals surface area contributed by atoms with Gasteiger partial charge in [0.05, 0.1) is 5.92 Å². The molecule has 1 fully saturated rings. The zero-order valence-corrected chi connectivity index (χ0v) is 17.3. The third-order valence-corrected chi connectivity index (χ3v) is 5.91. The molecule has 6 heteroatoms. The number of piperidine rings is 1. The first-order valence-corrected chi connectivity index (χ1v) is 10.8. The first-order valence-electron chi connectivity index (χ1n) is 10.8. The standard InChI is InChI=1S/C25H24N4O2/c30-22(13-12-18-7-2-1-3-8-18)29-16-6-10-20(17-29)24-27-28-25(31-24)23-21-11-5-4-9-19(21)14-15-26-23/h1-5,7-9,11,14-15,20H,6,10,12-13,16-17H2. The van der Waals surface area contributed by atoms with Crippen molar-refractivity contribution in [3.8, 4) is 11.6 Å². The number of carbonyl (C=O) groups is 1. The van der Waals surface area contributed by atoms with Crippen LogP contribution in [0.1, 0.15) is 36.6 Å². The molecule has 4 aromatic rings. The van der Waals surface area contributed by atoms with Crippen LogP contribution < -0.4 is 0 Å². The number of benzene rings is 2. The number of hydrogen-bond donors (Lipinski definition) is 0. The normalized spacial score (nSPS) is 16.5. The lowest BCUT2D eigenvalue weighted by molar-refractivity contribution is -0.132. The Morgan fingerprint density at radius 3 is 2.77 bits per heavy atom. The SMILES string of the molecule is O=C(CCc1ccccc1)N1CCCC(c2nnc(-c3nccc4ccccc34)o2)C1. The molecule has 0 spiro atoms. The number of aromatic nitrogens is 3. The number of likely N-dealkylation sites (tertiary alicyclic amines) is 1. The number of pyridine rings is 1. The molecule has 1 aliphatic rings. The number of hydrogen-bond acceptors (Lipinski definition) is 5. The van der Waals surface area contributed by atoms with Gasteiger partial charge < -0.3 is 9.32 Å². The number of nitrogens with zero attached hydrogens (tertiary/aromatic N) is 4. The number of amides is 1. The van der Waals surface area contributed by atoms with Gasteiger partial charge in [0.2, 0.25) is 11.8 Å². The third kappa shape index (κ3) is 4.19. The van der Waals surface area contributed by atoms with E-state index in [-0.39, 0.29) is 11.8 Å². The summed E-state index contributed by atoms with van der Waals surface area (Å²) in [6, 6.07) is 20.1. The molecule has 5 rings (SSSR count). The Hall–Kier alpha value is -3.54. The molecule has 1 atom stereocenters. The van der Waals surface area contributed by atoms with E-state index in [4.69, 9.17) is 4.42 Å². The second kappa shape index (κ2) is 8.68. The summed E-state index contributed by atoms with van der Waals surface area (Å²) >= 11 is 0. The van der Waals surface area contributed by atoms with Gasteiger partial charge in [-0.2, -0.15) is 0 Å². The first-order chi connectivity index (χ1) is 15.3. The van der Waals surface area contributed by atoms with E-state index in [0.717, 1.165) is 36.6 Å². The van der Waals surface area contributed by atoms with Crippen LogP contribution in [0.4, 0.5) is 0 Å². The van der Waals surface area contributed by atoms with Crippen LogP contribution in [0.3, 0.4) is 0 Å².